The molecule has 0 radical (unpaired) electrons. The van der Waals surface area contributed by atoms with E-state index in [1.807, 2.05) is 49.4 Å². The van der Waals surface area contributed by atoms with E-state index < -0.39 is 21.3 Å². The van der Waals surface area contributed by atoms with Crippen molar-refractivity contribution in [1.29, 1.82) is 0 Å². The summed E-state index contributed by atoms with van der Waals surface area (Å²) in [5.41, 5.74) is 1.38. The highest BCUT2D eigenvalue weighted by Crippen LogP contribution is 2.35. The highest BCUT2D eigenvalue weighted by Gasteiger charge is 2.35. The first-order valence-electron chi connectivity index (χ1n) is 12.3. The Morgan fingerprint density at radius 1 is 0.875 bits per heavy atom. The minimum atomic E-state index is -4.13. The van der Waals surface area contributed by atoms with E-state index >= 15 is 0 Å². The summed E-state index contributed by atoms with van der Waals surface area (Å²) in [5.74, 6) is 0.375. The number of aryl methyl sites for hydroxylation is 1. The maximum Gasteiger partial charge on any atom is 0.339 e. The smallest absolute Gasteiger partial charge is 0.339 e. The summed E-state index contributed by atoms with van der Waals surface area (Å²) in [5, 5.41) is 1.56. The summed E-state index contributed by atoms with van der Waals surface area (Å²) in [6.07, 6.45) is 1.52. The van der Waals surface area contributed by atoms with Crippen LogP contribution in [0.1, 0.15) is 11.1 Å². The second-order valence-corrected chi connectivity index (χ2v) is 11.5. The Balaban J connectivity index is 1.30. The topological polar surface area (TPSA) is 99.2 Å². The van der Waals surface area contributed by atoms with Gasteiger partial charge < -0.3 is 13.7 Å². The summed E-state index contributed by atoms with van der Waals surface area (Å²) >= 11 is 0.805. The van der Waals surface area contributed by atoms with Crippen molar-refractivity contribution in [1.82, 2.24) is 4.90 Å². The Kier molecular flexibility index (Phi) is 7.81. The highest BCUT2D eigenvalue weighted by molar-refractivity contribution is 8.18. The molecule has 1 aliphatic heterocycles. The molecule has 1 saturated heterocycles. The van der Waals surface area contributed by atoms with E-state index in [0.29, 0.717) is 11.3 Å². The van der Waals surface area contributed by atoms with Crippen molar-refractivity contribution >= 4 is 49.9 Å². The van der Waals surface area contributed by atoms with E-state index in [1.165, 1.54) is 37.5 Å². The Hall–Kier alpha value is -4.28. The minimum absolute atomic E-state index is 0.00241. The number of ether oxygens (including phenoxy) is 2. The molecular formula is C30H25NO7S2. The molecule has 0 saturated carbocycles. The lowest BCUT2D eigenvalue weighted by atomic mass is 10.1. The van der Waals surface area contributed by atoms with Crippen LogP contribution >= 0.6 is 11.8 Å². The third-order valence-electron chi connectivity index (χ3n) is 6.19. The van der Waals surface area contributed by atoms with Crippen LogP contribution in [0.3, 0.4) is 0 Å². The van der Waals surface area contributed by atoms with Crippen LogP contribution in [0.25, 0.3) is 16.8 Å². The van der Waals surface area contributed by atoms with Crippen molar-refractivity contribution < 1.29 is 31.7 Å². The average Bonchev–Trinajstić information content (AvgIpc) is 3.20. The summed E-state index contributed by atoms with van der Waals surface area (Å²) < 4.78 is 42.2. The second kappa shape index (κ2) is 11.4. The molecule has 0 bridgehead atoms. The van der Waals surface area contributed by atoms with Gasteiger partial charge in [0.1, 0.15) is 17.3 Å². The number of methoxy groups -OCH3 is 1. The number of hydrogen-bond donors (Lipinski definition) is 0. The van der Waals surface area contributed by atoms with Crippen molar-refractivity contribution in [2.75, 3.05) is 20.3 Å². The number of benzene rings is 4. The maximum atomic E-state index is 13.0. The van der Waals surface area contributed by atoms with Crippen molar-refractivity contribution in [2.45, 2.75) is 11.8 Å². The largest absolute Gasteiger partial charge is 0.493 e. The molecule has 5 rings (SSSR count). The van der Waals surface area contributed by atoms with Gasteiger partial charge in [0.25, 0.3) is 11.1 Å². The van der Waals surface area contributed by atoms with Gasteiger partial charge in [0.05, 0.1) is 18.6 Å². The zero-order valence-electron chi connectivity index (χ0n) is 21.7. The fourth-order valence-electron chi connectivity index (χ4n) is 4.13. The van der Waals surface area contributed by atoms with Crippen LogP contribution in [0, 0.1) is 6.92 Å². The minimum Gasteiger partial charge on any atom is -0.493 e. The molecule has 1 fully saturated rings. The maximum absolute atomic E-state index is 13.0. The molecule has 40 heavy (non-hydrogen) atoms. The molecule has 0 spiro atoms. The molecule has 0 atom stereocenters. The number of amides is 2. The molecule has 0 unspecified atom stereocenters. The van der Waals surface area contributed by atoms with Gasteiger partial charge in [-0.2, -0.15) is 8.42 Å². The van der Waals surface area contributed by atoms with Crippen LogP contribution in [0.5, 0.6) is 17.2 Å². The standard InChI is InChI=1S/C30H25NO7S2/c1-20-10-13-23(14-11-20)40(34,35)38-27-18-21(12-15-26(27)36-2)19-28-29(32)31(30(33)39-28)16-17-37-25-9-5-7-22-6-3-4-8-24(22)25/h3-15,18-19H,16-17H2,1-2H3/b28-19-. The first-order valence-corrected chi connectivity index (χ1v) is 14.5. The fourth-order valence-corrected chi connectivity index (χ4v) is 5.93. The van der Waals surface area contributed by atoms with E-state index in [0.717, 1.165) is 33.0 Å². The number of imide groups is 1. The van der Waals surface area contributed by atoms with E-state index in [1.54, 1.807) is 18.2 Å². The quantitative estimate of drug-likeness (QED) is 0.176. The predicted octanol–water partition coefficient (Wildman–Crippen LogP) is 6.04. The molecule has 0 N–H and O–H groups in total. The predicted molar refractivity (Wildman–Crippen MR) is 154 cm³/mol. The van der Waals surface area contributed by atoms with E-state index in [9.17, 15) is 18.0 Å². The van der Waals surface area contributed by atoms with Crippen LogP contribution in [-0.4, -0.2) is 44.7 Å². The van der Waals surface area contributed by atoms with E-state index in [-0.39, 0.29) is 34.5 Å². The van der Waals surface area contributed by atoms with Gasteiger partial charge in [-0.05, 0) is 66.0 Å². The lowest BCUT2D eigenvalue weighted by Crippen LogP contribution is -2.32. The molecule has 204 valence electrons. The lowest BCUT2D eigenvalue weighted by Gasteiger charge is -2.14. The van der Waals surface area contributed by atoms with Crippen LogP contribution < -0.4 is 13.7 Å². The molecule has 4 aromatic rings. The normalized spacial score (nSPS) is 14.7. The number of carbonyl (C=O) groups is 2. The van der Waals surface area contributed by atoms with Gasteiger partial charge >= 0.3 is 10.1 Å². The van der Waals surface area contributed by atoms with Gasteiger partial charge in [-0.3, -0.25) is 14.5 Å². The van der Waals surface area contributed by atoms with Crippen molar-refractivity contribution in [2.24, 2.45) is 0 Å². The first-order chi connectivity index (χ1) is 19.2. The number of fused-ring (bicyclic) bond motifs is 1. The zero-order chi connectivity index (χ0) is 28.3. The summed E-state index contributed by atoms with van der Waals surface area (Å²) in [7, 11) is -2.74. The van der Waals surface area contributed by atoms with Gasteiger partial charge in [0, 0.05) is 5.39 Å². The zero-order valence-corrected chi connectivity index (χ0v) is 23.3. The Morgan fingerprint density at radius 3 is 2.40 bits per heavy atom. The Labute approximate surface area is 236 Å². The first kappa shape index (κ1) is 27.3. The average molecular weight is 576 g/mol. The van der Waals surface area contributed by atoms with Gasteiger partial charge in [-0.1, -0.05) is 60.2 Å². The molecule has 10 heteroatoms. The van der Waals surface area contributed by atoms with Crippen LogP contribution in [0.2, 0.25) is 0 Å². The van der Waals surface area contributed by atoms with Crippen molar-refractivity contribution in [3.63, 3.8) is 0 Å². The lowest BCUT2D eigenvalue weighted by molar-refractivity contribution is -0.123. The van der Waals surface area contributed by atoms with Crippen molar-refractivity contribution in [3.05, 3.63) is 101 Å². The fraction of sp³-hybridized carbons (Fsp3) is 0.133. The molecule has 4 aromatic carbocycles. The second-order valence-electron chi connectivity index (χ2n) is 8.92. The summed E-state index contributed by atoms with van der Waals surface area (Å²) in [6, 6.07) is 24.4. The molecule has 1 heterocycles. The number of rotatable bonds is 9. The molecule has 8 nitrogen and oxygen atoms in total. The molecule has 2 amide bonds. The monoisotopic (exact) mass is 575 g/mol. The molecule has 0 aromatic heterocycles. The molecular weight excluding hydrogens is 550 g/mol. The Bertz CT molecular complexity index is 1730. The number of nitrogens with zero attached hydrogens (tertiary/aromatic N) is 1. The van der Waals surface area contributed by atoms with Crippen LogP contribution in [0.4, 0.5) is 4.79 Å². The highest BCUT2D eigenvalue weighted by atomic mass is 32.2. The van der Waals surface area contributed by atoms with Crippen LogP contribution in [-0.2, 0) is 14.9 Å². The third kappa shape index (κ3) is 5.83. The van der Waals surface area contributed by atoms with Gasteiger partial charge in [-0.15, -0.1) is 0 Å². The van der Waals surface area contributed by atoms with Crippen molar-refractivity contribution in [3.8, 4) is 17.2 Å². The summed E-state index contributed by atoms with van der Waals surface area (Å²) in [4.78, 5) is 27.0. The Morgan fingerprint density at radius 2 is 1.62 bits per heavy atom. The van der Waals surface area contributed by atoms with Gasteiger partial charge in [0.2, 0.25) is 0 Å². The van der Waals surface area contributed by atoms with E-state index in [2.05, 4.69) is 0 Å². The number of carbonyl (C=O) groups excluding carboxylic acids is 2. The SMILES string of the molecule is COc1ccc(/C=C2\SC(=O)N(CCOc3cccc4ccccc34)C2=O)cc1OS(=O)(=O)c1ccc(C)cc1. The third-order valence-corrected chi connectivity index (χ3v) is 8.35. The van der Waals surface area contributed by atoms with Crippen LogP contribution in [0.15, 0.2) is 94.7 Å². The van der Waals surface area contributed by atoms with E-state index in [4.69, 9.17) is 13.7 Å². The molecule has 1 aliphatic rings. The van der Waals surface area contributed by atoms with Gasteiger partial charge in [0.15, 0.2) is 11.5 Å². The summed E-state index contributed by atoms with van der Waals surface area (Å²) in [6.45, 7) is 2.07. The number of thioether (sulfide) groups is 1. The number of hydrogen-bond acceptors (Lipinski definition) is 8. The molecule has 0 aliphatic carbocycles. The van der Waals surface area contributed by atoms with Gasteiger partial charge in [-0.25, -0.2) is 0 Å².